The molecular weight excluding hydrogens is 350 g/mol. The van der Waals surface area contributed by atoms with E-state index in [1.165, 1.54) is 12.1 Å². The lowest BCUT2D eigenvalue weighted by Gasteiger charge is -2.29. The summed E-state index contributed by atoms with van der Waals surface area (Å²) in [5.74, 6) is 0.549. The minimum Gasteiger partial charge on any atom is -0.444 e. The summed E-state index contributed by atoms with van der Waals surface area (Å²) in [5.41, 5.74) is -0.186. The van der Waals surface area contributed by atoms with Gasteiger partial charge in [0.05, 0.1) is 10.5 Å². The van der Waals surface area contributed by atoms with Crippen molar-refractivity contribution in [3.63, 3.8) is 0 Å². The van der Waals surface area contributed by atoms with E-state index in [1.54, 1.807) is 19.2 Å². The topological polar surface area (TPSA) is 118 Å². The van der Waals surface area contributed by atoms with Gasteiger partial charge < -0.3 is 20.7 Å². The van der Waals surface area contributed by atoms with Gasteiger partial charge in [-0.1, -0.05) is 12.1 Å². The highest BCUT2D eigenvalue weighted by Crippen LogP contribution is 2.12. The van der Waals surface area contributed by atoms with Crippen LogP contribution in [0.15, 0.2) is 29.3 Å². The third-order valence-electron chi connectivity index (χ3n) is 3.37. The molecule has 27 heavy (non-hydrogen) atoms. The van der Waals surface area contributed by atoms with Crippen LogP contribution in [0.5, 0.6) is 0 Å². The Morgan fingerprint density at radius 2 is 1.74 bits per heavy atom. The van der Waals surface area contributed by atoms with Crippen LogP contribution in [0.1, 0.15) is 40.2 Å². The number of non-ortho nitro benzene ring substituents is 1. The minimum atomic E-state index is -0.562. The molecule has 0 saturated carbocycles. The first-order valence-electron chi connectivity index (χ1n) is 8.61. The van der Waals surface area contributed by atoms with Gasteiger partial charge in [0, 0.05) is 32.3 Å². The number of alkyl carbamates (subject to hydrolysis) is 1. The van der Waals surface area contributed by atoms with E-state index in [4.69, 9.17) is 4.74 Å². The Hall–Kier alpha value is -2.84. The number of rotatable bonds is 6. The first kappa shape index (κ1) is 22.2. The molecule has 0 spiro atoms. The quantitative estimate of drug-likeness (QED) is 0.303. The number of nitrogens with one attached hydrogen (secondary N) is 3. The van der Waals surface area contributed by atoms with Crippen LogP contribution in [0.2, 0.25) is 0 Å². The molecule has 0 aliphatic heterocycles. The number of hydrogen-bond acceptors (Lipinski definition) is 5. The van der Waals surface area contributed by atoms with E-state index in [9.17, 15) is 14.9 Å². The Bertz CT molecular complexity index is 678. The Balaban J connectivity index is 2.51. The zero-order valence-corrected chi connectivity index (χ0v) is 16.8. The van der Waals surface area contributed by atoms with Crippen molar-refractivity contribution in [1.29, 1.82) is 0 Å². The van der Waals surface area contributed by atoms with E-state index in [2.05, 4.69) is 20.9 Å². The van der Waals surface area contributed by atoms with Crippen LogP contribution in [0.3, 0.4) is 0 Å². The molecule has 3 N–H and O–H groups in total. The van der Waals surface area contributed by atoms with Gasteiger partial charge in [0.15, 0.2) is 5.96 Å². The Kier molecular flexibility index (Phi) is 7.56. The monoisotopic (exact) mass is 379 g/mol. The molecule has 0 saturated heterocycles. The molecule has 9 heteroatoms. The molecule has 9 nitrogen and oxygen atoms in total. The number of nitrogens with zero attached hydrogens (tertiary/aromatic N) is 2. The molecule has 0 aromatic heterocycles. The maximum absolute atomic E-state index is 11.9. The lowest BCUT2D eigenvalue weighted by atomic mass is 10.1. The lowest BCUT2D eigenvalue weighted by Crippen LogP contribution is -2.54. The van der Waals surface area contributed by atoms with Crippen LogP contribution >= 0.6 is 0 Å². The van der Waals surface area contributed by atoms with Crippen LogP contribution in [0, 0.1) is 10.1 Å². The Morgan fingerprint density at radius 1 is 1.15 bits per heavy atom. The fourth-order valence-corrected chi connectivity index (χ4v) is 2.07. The largest absolute Gasteiger partial charge is 0.444 e. The molecule has 0 bridgehead atoms. The predicted octanol–water partition coefficient (Wildman–Crippen LogP) is 2.56. The number of ether oxygens (including phenoxy) is 1. The summed E-state index contributed by atoms with van der Waals surface area (Å²) in [6.45, 7) is 10.0. The van der Waals surface area contributed by atoms with Crippen LogP contribution in [0.4, 0.5) is 10.5 Å². The highest BCUT2D eigenvalue weighted by molar-refractivity contribution is 5.79. The molecule has 1 rings (SSSR count). The third kappa shape index (κ3) is 8.89. The van der Waals surface area contributed by atoms with E-state index in [-0.39, 0.29) is 5.69 Å². The molecule has 0 unspecified atom stereocenters. The van der Waals surface area contributed by atoms with Crippen LogP contribution in [0.25, 0.3) is 0 Å². The molecule has 0 atom stereocenters. The number of benzene rings is 1. The fourth-order valence-electron chi connectivity index (χ4n) is 2.07. The molecule has 1 amide bonds. The van der Waals surface area contributed by atoms with E-state index in [1.807, 2.05) is 34.6 Å². The third-order valence-corrected chi connectivity index (χ3v) is 3.37. The van der Waals surface area contributed by atoms with Crippen molar-refractivity contribution >= 4 is 17.7 Å². The zero-order chi connectivity index (χ0) is 20.7. The van der Waals surface area contributed by atoms with Gasteiger partial charge in [-0.15, -0.1) is 0 Å². The van der Waals surface area contributed by atoms with Gasteiger partial charge in [-0.2, -0.15) is 0 Å². The van der Waals surface area contributed by atoms with Gasteiger partial charge in [0.1, 0.15) is 5.60 Å². The fraction of sp³-hybridized carbons (Fsp3) is 0.556. The highest BCUT2D eigenvalue weighted by Gasteiger charge is 2.24. The summed E-state index contributed by atoms with van der Waals surface area (Å²) in [6, 6.07) is 6.29. The second-order valence-electron chi connectivity index (χ2n) is 7.71. The van der Waals surface area contributed by atoms with E-state index < -0.39 is 22.2 Å². The highest BCUT2D eigenvalue weighted by atomic mass is 16.6. The maximum Gasteiger partial charge on any atom is 0.408 e. The predicted molar refractivity (Wildman–Crippen MR) is 105 cm³/mol. The number of amides is 1. The van der Waals surface area contributed by atoms with E-state index >= 15 is 0 Å². The standard InChI is InChI=1S/C18H29N5O4/c1-17(2,3)27-16(24)22-18(4,5)12-21-15(19-6)20-11-13-7-9-14(10-8-13)23(25)26/h7-10H,11-12H2,1-6H3,(H,22,24)(H2,19,20,21). The summed E-state index contributed by atoms with van der Waals surface area (Å²) in [6.07, 6.45) is -0.483. The van der Waals surface area contributed by atoms with Crippen molar-refractivity contribution < 1.29 is 14.5 Å². The number of nitro groups is 1. The van der Waals surface area contributed by atoms with Crippen molar-refractivity contribution in [1.82, 2.24) is 16.0 Å². The Labute approximate surface area is 159 Å². The second kappa shape index (κ2) is 9.20. The number of carbonyl (C=O) groups is 1. The van der Waals surface area contributed by atoms with Crippen molar-refractivity contribution in [2.75, 3.05) is 13.6 Å². The lowest BCUT2D eigenvalue weighted by molar-refractivity contribution is -0.384. The van der Waals surface area contributed by atoms with Gasteiger partial charge in [-0.25, -0.2) is 4.79 Å². The summed E-state index contributed by atoms with van der Waals surface area (Å²) in [4.78, 5) is 26.3. The molecule has 0 radical (unpaired) electrons. The van der Waals surface area contributed by atoms with E-state index in [0.717, 1.165) is 5.56 Å². The van der Waals surface area contributed by atoms with Crippen molar-refractivity contribution in [3.05, 3.63) is 39.9 Å². The molecule has 0 fully saturated rings. The van der Waals surface area contributed by atoms with Gasteiger partial charge >= 0.3 is 6.09 Å². The molecule has 1 aromatic rings. The smallest absolute Gasteiger partial charge is 0.408 e. The summed E-state index contributed by atoms with van der Waals surface area (Å²) < 4.78 is 5.27. The number of aliphatic imine (C=N–C) groups is 1. The van der Waals surface area contributed by atoms with E-state index in [0.29, 0.717) is 19.0 Å². The Morgan fingerprint density at radius 3 is 2.22 bits per heavy atom. The van der Waals surface area contributed by atoms with Crippen LogP contribution in [-0.4, -0.2) is 41.7 Å². The van der Waals surface area contributed by atoms with Crippen LogP contribution in [-0.2, 0) is 11.3 Å². The number of guanidine groups is 1. The van der Waals surface area contributed by atoms with Crippen molar-refractivity contribution in [2.45, 2.75) is 52.3 Å². The molecule has 150 valence electrons. The van der Waals surface area contributed by atoms with Gasteiger partial charge in [0.2, 0.25) is 0 Å². The first-order chi connectivity index (χ1) is 12.4. The molecule has 0 aliphatic carbocycles. The van der Waals surface area contributed by atoms with Gasteiger partial charge in [0.25, 0.3) is 5.69 Å². The van der Waals surface area contributed by atoms with Gasteiger partial charge in [-0.3, -0.25) is 15.1 Å². The summed E-state index contributed by atoms with van der Waals surface area (Å²) >= 11 is 0. The van der Waals surface area contributed by atoms with Crippen LogP contribution < -0.4 is 16.0 Å². The average molecular weight is 379 g/mol. The molecule has 1 aromatic carbocycles. The summed E-state index contributed by atoms with van der Waals surface area (Å²) in [5, 5.41) is 19.8. The summed E-state index contributed by atoms with van der Waals surface area (Å²) in [7, 11) is 1.64. The number of nitro benzene ring substituents is 1. The van der Waals surface area contributed by atoms with Crippen molar-refractivity contribution in [3.8, 4) is 0 Å². The van der Waals surface area contributed by atoms with Crippen molar-refractivity contribution in [2.24, 2.45) is 4.99 Å². The second-order valence-corrected chi connectivity index (χ2v) is 7.71. The number of carbonyl (C=O) groups excluding carboxylic acids is 1. The SMILES string of the molecule is CN=C(NCc1ccc([N+](=O)[O-])cc1)NCC(C)(C)NC(=O)OC(C)(C)C. The average Bonchev–Trinajstić information content (AvgIpc) is 2.52. The molecule has 0 heterocycles. The molecule has 0 aliphatic rings. The number of hydrogen-bond donors (Lipinski definition) is 3. The first-order valence-corrected chi connectivity index (χ1v) is 8.61. The van der Waals surface area contributed by atoms with Gasteiger partial charge in [-0.05, 0) is 40.2 Å². The maximum atomic E-state index is 11.9. The molecular formula is C18H29N5O4. The normalized spacial score (nSPS) is 12.3. The minimum absolute atomic E-state index is 0.0521. The zero-order valence-electron chi connectivity index (χ0n) is 16.8.